The van der Waals surface area contributed by atoms with Gasteiger partial charge >= 0.3 is 0 Å². The Labute approximate surface area is 149 Å². The van der Waals surface area contributed by atoms with Crippen molar-refractivity contribution in [3.63, 3.8) is 0 Å². The lowest BCUT2D eigenvalue weighted by atomic mass is 10.3. The molecule has 122 valence electrons. The first-order valence-electron chi connectivity index (χ1n) is 7.11. The Balaban J connectivity index is 1.77. The molecule has 0 aliphatic heterocycles. The fourth-order valence-corrected chi connectivity index (χ4v) is 2.38. The van der Waals surface area contributed by atoms with Gasteiger partial charge < -0.3 is 15.4 Å². The maximum absolute atomic E-state index is 6.16. The number of halogens is 2. The number of benzene rings is 2. The van der Waals surface area contributed by atoms with Crippen LogP contribution in [0.3, 0.4) is 0 Å². The minimum atomic E-state index is 0.415. The van der Waals surface area contributed by atoms with Crippen LogP contribution in [0.25, 0.3) is 0 Å². The molecule has 3 aromatic rings. The van der Waals surface area contributed by atoms with E-state index in [-0.39, 0.29) is 0 Å². The van der Waals surface area contributed by atoms with E-state index >= 15 is 0 Å². The first kappa shape index (κ1) is 16.4. The lowest BCUT2D eigenvalue weighted by molar-refractivity contribution is 0.415. The highest BCUT2D eigenvalue weighted by molar-refractivity contribution is 6.43. The molecule has 7 heteroatoms. The minimum Gasteiger partial charge on any atom is -0.497 e. The zero-order valence-corrected chi connectivity index (χ0v) is 14.3. The Hall–Kier alpha value is -2.50. The molecule has 3 rings (SSSR count). The van der Waals surface area contributed by atoms with Crippen molar-refractivity contribution in [3.05, 3.63) is 64.8 Å². The SMILES string of the molecule is COc1ccc(Nc2ccnc(Nc3cccc(Cl)c3Cl)n2)cc1. The first-order valence-corrected chi connectivity index (χ1v) is 7.86. The predicted octanol–water partition coefficient (Wildman–Crippen LogP) is 5.28. The molecule has 1 heterocycles. The summed E-state index contributed by atoms with van der Waals surface area (Å²) in [7, 11) is 1.63. The van der Waals surface area contributed by atoms with Crippen LogP contribution in [0.2, 0.25) is 10.0 Å². The monoisotopic (exact) mass is 360 g/mol. The molecule has 0 atom stereocenters. The average Bonchev–Trinajstić information content (AvgIpc) is 2.60. The summed E-state index contributed by atoms with van der Waals surface area (Å²) in [6.45, 7) is 0. The van der Waals surface area contributed by atoms with E-state index in [2.05, 4.69) is 20.6 Å². The number of anilines is 4. The van der Waals surface area contributed by atoms with Crippen molar-refractivity contribution in [2.45, 2.75) is 0 Å². The van der Waals surface area contributed by atoms with Gasteiger partial charge in [-0.3, -0.25) is 0 Å². The topological polar surface area (TPSA) is 59.1 Å². The second-order valence-corrected chi connectivity index (χ2v) is 5.63. The number of hydrogen-bond donors (Lipinski definition) is 2. The molecule has 2 N–H and O–H groups in total. The van der Waals surface area contributed by atoms with Crippen LogP contribution < -0.4 is 15.4 Å². The van der Waals surface area contributed by atoms with Gasteiger partial charge in [0.15, 0.2) is 0 Å². The number of nitrogens with one attached hydrogen (secondary N) is 2. The summed E-state index contributed by atoms with van der Waals surface area (Å²) in [6, 6.07) is 14.6. The largest absolute Gasteiger partial charge is 0.497 e. The average molecular weight is 361 g/mol. The molecule has 0 unspecified atom stereocenters. The van der Waals surface area contributed by atoms with Crippen molar-refractivity contribution in [3.8, 4) is 5.75 Å². The first-order chi connectivity index (χ1) is 11.7. The van der Waals surface area contributed by atoms with Crippen molar-refractivity contribution in [1.29, 1.82) is 0 Å². The van der Waals surface area contributed by atoms with Crippen LogP contribution in [0, 0.1) is 0 Å². The maximum Gasteiger partial charge on any atom is 0.229 e. The minimum absolute atomic E-state index is 0.415. The van der Waals surface area contributed by atoms with E-state index < -0.39 is 0 Å². The molecule has 0 bridgehead atoms. The van der Waals surface area contributed by atoms with Gasteiger partial charge in [-0.2, -0.15) is 4.98 Å². The molecule has 0 spiro atoms. The van der Waals surface area contributed by atoms with E-state index in [0.29, 0.717) is 27.5 Å². The summed E-state index contributed by atoms with van der Waals surface area (Å²) in [6.07, 6.45) is 1.65. The smallest absolute Gasteiger partial charge is 0.229 e. The lowest BCUT2D eigenvalue weighted by Crippen LogP contribution is -2.00. The van der Waals surface area contributed by atoms with E-state index in [1.165, 1.54) is 0 Å². The van der Waals surface area contributed by atoms with Gasteiger partial charge in [-0.15, -0.1) is 0 Å². The normalized spacial score (nSPS) is 10.3. The van der Waals surface area contributed by atoms with Gasteiger partial charge in [0.1, 0.15) is 11.6 Å². The van der Waals surface area contributed by atoms with Crippen molar-refractivity contribution >= 4 is 46.3 Å². The number of ether oxygens (including phenoxy) is 1. The van der Waals surface area contributed by atoms with Crippen LogP contribution in [-0.2, 0) is 0 Å². The highest BCUT2D eigenvalue weighted by Gasteiger charge is 2.06. The molecule has 0 fully saturated rings. The number of hydrogen-bond acceptors (Lipinski definition) is 5. The van der Waals surface area contributed by atoms with Crippen LogP contribution in [-0.4, -0.2) is 17.1 Å². The summed E-state index contributed by atoms with van der Waals surface area (Å²) in [5.41, 5.74) is 1.53. The molecular weight excluding hydrogens is 347 g/mol. The third-order valence-corrected chi connectivity index (χ3v) is 4.03. The predicted molar refractivity (Wildman–Crippen MR) is 98.1 cm³/mol. The standard InChI is InChI=1S/C17H14Cl2N4O/c1-24-12-7-5-11(6-8-12)21-15-9-10-20-17(23-15)22-14-4-2-3-13(18)16(14)19/h2-10H,1H3,(H2,20,21,22,23). The van der Waals surface area contributed by atoms with Gasteiger partial charge in [-0.05, 0) is 42.5 Å². The molecule has 5 nitrogen and oxygen atoms in total. The van der Waals surface area contributed by atoms with E-state index in [0.717, 1.165) is 11.4 Å². The molecule has 0 saturated heterocycles. The number of nitrogens with zero attached hydrogens (tertiary/aromatic N) is 2. The van der Waals surface area contributed by atoms with Crippen LogP contribution in [0.5, 0.6) is 5.75 Å². The van der Waals surface area contributed by atoms with Crippen molar-refractivity contribution < 1.29 is 4.74 Å². The maximum atomic E-state index is 6.16. The van der Waals surface area contributed by atoms with Gasteiger partial charge in [-0.25, -0.2) is 4.98 Å². The summed E-state index contributed by atoms with van der Waals surface area (Å²) >= 11 is 12.2. The molecule has 0 aliphatic rings. The van der Waals surface area contributed by atoms with E-state index in [9.17, 15) is 0 Å². The fraction of sp³-hybridized carbons (Fsp3) is 0.0588. The molecule has 0 radical (unpaired) electrons. The molecule has 1 aromatic heterocycles. The number of rotatable bonds is 5. The van der Waals surface area contributed by atoms with Crippen LogP contribution >= 0.6 is 23.2 Å². The molecule has 0 saturated carbocycles. The Kier molecular flexibility index (Phi) is 5.03. The van der Waals surface area contributed by atoms with Gasteiger partial charge in [0.2, 0.25) is 5.95 Å². The van der Waals surface area contributed by atoms with Crippen molar-refractivity contribution in [2.75, 3.05) is 17.7 Å². The fourth-order valence-electron chi connectivity index (χ4n) is 2.03. The van der Waals surface area contributed by atoms with Crippen molar-refractivity contribution in [1.82, 2.24) is 9.97 Å². The zero-order valence-electron chi connectivity index (χ0n) is 12.8. The second kappa shape index (κ2) is 7.38. The second-order valence-electron chi connectivity index (χ2n) is 4.85. The van der Waals surface area contributed by atoms with E-state index in [1.54, 1.807) is 37.6 Å². The molecule has 2 aromatic carbocycles. The summed E-state index contributed by atoms with van der Waals surface area (Å²) in [5, 5.41) is 7.15. The third-order valence-electron chi connectivity index (χ3n) is 3.22. The summed E-state index contributed by atoms with van der Waals surface area (Å²) in [5.74, 6) is 1.86. The quantitative estimate of drug-likeness (QED) is 0.648. The highest BCUT2D eigenvalue weighted by atomic mass is 35.5. The van der Waals surface area contributed by atoms with Crippen LogP contribution in [0.4, 0.5) is 23.1 Å². The van der Waals surface area contributed by atoms with Gasteiger partial charge in [0.25, 0.3) is 0 Å². The Morgan fingerprint density at radius 3 is 2.50 bits per heavy atom. The number of aromatic nitrogens is 2. The van der Waals surface area contributed by atoms with Crippen molar-refractivity contribution in [2.24, 2.45) is 0 Å². The van der Waals surface area contributed by atoms with E-state index in [4.69, 9.17) is 27.9 Å². The molecule has 0 amide bonds. The molecule has 24 heavy (non-hydrogen) atoms. The van der Waals surface area contributed by atoms with Crippen LogP contribution in [0.15, 0.2) is 54.7 Å². The van der Waals surface area contributed by atoms with E-state index in [1.807, 2.05) is 24.3 Å². The summed E-state index contributed by atoms with van der Waals surface area (Å²) in [4.78, 5) is 8.60. The molecule has 0 aliphatic carbocycles. The number of methoxy groups -OCH3 is 1. The van der Waals surface area contributed by atoms with Gasteiger partial charge in [0.05, 0.1) is 22.8 Å². The zero-order chi connectivity index (χ0) is 16.9. The van der Waals surface area contributed by atoms with Crippen LogP contribution in [0.1, 0.15) is 0 Å². The Morgan fingerprint density at radius 2 is 1.75 bits per heavy atom. The lowest BCUT2D eigenvalue weighted by Gasteiger charge is -2.10. The Bertz CT molecular complexity index is 840. The van der Waals surface area contributed by atoms with Gasteiger partial charge in [-0.1, -0.05) is 29.3 Å². The summed E-state index contributed by atoms with van der Waals surface area (Å²) < 4.78 is 5.14. The third kappa shape index (κ3) is 3.88. The highest BCUT2D eigenvalue weighted by Crippen LogP contribution is 2.31. The molecular formula is C17H14Cl2N4O. The Morgan fingerprint density at radius 1 is 0.958 bits per heavy atom. The van der Waals surface area contributed by atoms with Gasteiger partial charge in [0, 0.05) is 11.9 Å².